The van der Waals surface area contributed by atoms with Crippen molar-refractivity contribution in [3.8, 4) is 17.2 Å². The van der Waals surface area contributed by atoms with Crippen LogP contribution in [0.2, 0.25) is 0 Å². The number of hydrogen-bond donors (Lipinski definition) is 0. The molecule has 3 nitrogen and oxygen atoms in total. The molecule has 0 fully saturated rings. The molecule has 0 saturated heterocycles. The third-order valence-electron chi connectivity index (χ3n) is 5.30. The Morgan fingerprint density at radius 2 is 1.59 bits per heavy atom. The molecule has 3 heteroatoms. The minimum atomic E-state index is 0.437. The van der Waals surface area contributed by atoms with E-state index in [0.29, 0.717) is 5.69 Å². The van der Waals surface area contributed by atoms with Crippen LogP contribution in [0.3, 0.4) is 0 Å². The van der Waals surface area contributed by atoms with Gasteiger partial charge in [0.15, 0.2) is 5.69 Å². The third-order valence-corrected chi connectivity index (χ3v) is 5.30. The maximum atomic E-state index is 9.31. The van der Waals surface area contributed by atoms with Gasteiger partial charge in [-0.25, -0.2) is 4.98 Å². The van der Waals surface area contributed by atoms with Crippen molar-refractivity contribution >= 4 is 27.3 Å². The first-order valence-electron chi connectivity index (χ1n) is 8.97. The van der Waals surface area contributed by atoms with Crippen molar-refractivity contribution in [1.82, 2.24) is 9.38 Å². The number of pyridine rings is 1. The van der Waals surface area contributed by atoms with Crippen molar-refractivity contribution in [2.45, 2.75) is 13.8 Å². The summed E-state index contributed by atoms with van der Waals surface area (Å²) in [6.45, 7) is 4.31. The highest BCUT2D eigenvalue weighted by Gasteiger charge is 2.13. The highest BCUT2D eigenvalue weighted by atomic mass is 15.0. The number of imidazole rings is 1. The SMILES string of the molecule is Cc1cccc(C)c1-c1ccc2c(c1)c1ccccc1c1nc(C#N)cn21. The lowest BCUT2D eigenvalue weighted by Gasteiger charge is -2.13. The fraction of sp³-hybridized carbons (Fsp3) is 0.0833. The molecule has 0 aliphatic heterocycles. The second-order valence-corrected chi connectivity index (χ2v) is 6.98. The van der Waals surface area contributed by atoms with Gasteiger partial charge in [-0.05, 0) is 53.6 Å². The van der Waals surface area contributed by atoms with Crippen LogP contribution in [0.4, 0.5) is 0 Å². The standard InChI is InChI=1S/C24H17N3/c1-15-6-5-7-16(2)23(15)17-10-11-22-21(12-17)19-8-3-4-9-20(19)24-26-18(13-25)14-27(22)24/h3-12,14H,1-2H3. The summed E-state index contributed by atoms with van der Waals surface area (Å²) in [6.07, 6.45) is 1.82. The topological polar surface area (TPSA) is 41.1 Å². The highest BCUT2D eigenvalue weighted by Crippen LogP contribution is 2.34. The Kier molecular flexibility index (Phi) is 3.29. The van der Waals surface area contributed by atoms with Crippen LogP contribution >= 0.6 is 0 Å². The van der Waals surface area contributed by atoms with E-state index in [1.165, 1.54) is 27.6 Å². The molecule has 0 amide bonds. The molecule has 5 rings (SSSR count). The number of fused-ring (bicyclic) bond motifs is 6. The number of aryl methyl sites for hydroxylation is 2. The van der Waals surface area contributed by atoms with Crippen LogP contribution < -0.4 is 0 Å². The summed E-state index contributed by atoms with van der Waals surface area (Å²) in [4.78, 5) is 4.52. The fourth-order valence-electron chi connectivity index (χ4n) is 4.11. The van der Waals surface area contributed by atoms with Crippen molar-refractivity contribution in [3.63, 3.8) is 0 Å². The summed E-state index contributed by atoms with van der Waals surface area (Å²) in [6, 6.07) is 23.4. The number of nitriles is 1. The van der Waals surface area contributed by atoms with Crippen LogP contribution in [0, 0.1) is 25.2 Å². The molecule has 27 heavy (non-hydrogen) atoms. The Hall–Kier alpha value is -3.64. The van der Waals surface area contributed by atoms with Crippen molar-refractivity contribution in [2.75, 3.05) is 0 Å². The molecule has 0 aliphatic carbocycles. The second kappa shape index (κ2) is 5.69. The Balaban J connectivity index is 1.95. The molecule has 5 aromatic rings. The van der Waals surface area contributed by atoms with Gasteiger partial charge in [0, 0.05) is 17.0 Å². The molecule has 0 radical (unpaired) electrons. The van der Waals surface area contributed by atoms with Crippen LogP contribution in [0.1, 0.15) is 16.8 Å². The van der Waals surface area contributed by atoms with Crippen molar-refractivity contribution < 1.29 is 0 Å². The van der Waals surface area contributed by atoms with Crippen molar-refractivity contribution in [1.29, 1.82) is 5.26 Å². The van der Waals surface area contributed by atoms with E-state index in [4.69, 9.17) is 0 Å². The Labute approximate surface area is 157 Å². The van der Waals surface area contributed by atoms with Crippen LogP contribution in [-0.4, -0.2) is 9.38 Å². The molecule has 0 aliphatic rings. The molecule has 0 atom stereocenters. The van der Waals surface area contributed by atoms with Crippen LogP contribution in [0.15, 0.2) is 66.9 Å². The van der Waals surface area contributed by atoms with E-state index in [1.807, 2.05) is 16.7 Å². The summed E-state index contributed by atoms with van der Waals surface area (Å²) in [5.74, 6) is 0. The largest absolute Gasteiger partial charge is 0.298 e. The average Bonchev–Trinajstić information content (AvgIpc) is 3.13. The monoisotopic (exact) mass is 347 g/mol. The first-order chi connectivity index (χ1) is 13.2. The number of aromatic nitrogens is 2. The minimum Gasteiger partial charge on any atom is -0.298 e. The molecule has 2 heterocycles. The maximum absolute atomic E-state index is 9.31. The molecule has 2 aromatic heterocycles. The molecule has 0 saturated carbocycles. The van der Waals surface area contributed by atoms with Gasteiger partial charge in [0.2, 0.25) is 0 Å². The number of rotatable bonds is 1. The van der Waals surface area contributed by atoms with Gasteiger partial charge in [0.05, 0.1) is 5.52 Å². The molecular formula is C24H17N3. The van der Waals surface area contributed by atoms with Gasteiger partial charge in [0.25, 0.3) is 0 Å². The van der Waals surface area contributed by atoms with Gasteiger partial charge >= 0.3 is 0 Å². The quantitative estimate of drug-likeness (QED) is 0.360. The first-order valence-corrected chi connectivity index (χ1v) is 8.97. The van der Waals surface area contributed by atoms with Gasteiger partial charge < -0.3 is 0 Å². The summed E-state index contributed by atoms with van der Waals surface area (Å²) in [5, 5.41) is 12.7. The number of nitrogens with zero attached hydrogens (tertiary/aromatic N) is 3. The number of benzene rings is 3. The summed E-state index contributed by atoms with van der Waals surface area (Å²) in [5.41, 5.74) is 7.37. The van der Waals surface area contributed by atoms with E-state index < -0.39 is 0 Å². The van der Waals surface area contributed by atoms with Gasteiger partial charge in [-0.1, -0.05) is 48.5 Å². The molecular weight excluding hydrogens is 330 g/mol. The zero-order valence-corrected chi connectivity index (χ0v) is 15.2. The molecule has 0 unspecified atom stereocenters. The molecule has 0 bridgehead atoms. The van der Waals surface area contributed by atoms with Crippen LogP contribution in [0.25, 0.3) is 38.4 Å². The van der Waals surface area contributed by atoms with E-state index in [-0.39, 0.29) is 0 Å². The Morgan fingerprint density at radius 1 is 0.852 bits per heavy atom. The predicted molar refractivity (Wildman–Crippen MR) is 110 cm³/mol. The Bertz CT molecular complexity index is 1380. The van der Waals surface area contributed by atoms with Crippen LogP contribution in [-0.2, 0) is 0 Å². The minimum absolute atomic E-state index is 0.437. The predicted octanol–water partition coefficient (Wildman–Crippen LogP) is 5.80. The summed E-state index contributed by atoms with van der Waals surface area (Å²) < 4.78 is 2.03. The van der Waals surface area contributed by atoms with E-state index in [0.717, 1.165) is 21.9 Å². The van der Waals surface area contributed by atoms with Gasteiger partial charge in [-0.2, -0.15) is 5.26 Å². The average molecular weight is 347 g/mol. The summed E-state index contributed by atoms with van der Waals surface area (Å²) >= 11 is 0. The van der Waals surface area contributed by atoms with Gasteiger partial charge in [-0.3, -0.25) is 4.40 Å². The molecule has 128 valence electrons. The maximum Gasteiger partial charge on any atom is 0.159 e. The molecule has 0 N–H and O–H groups in total. The van der Waals surface area contributed by atoms with E-state index in [2.05, 4.69) is 79.5 Å². The van der Waals surface area contributed by atoms with Gasteiger partial charge in [0.1, 0.15) is 11.7 Å². The fourth-order valence-corrected chi connectivity index (χ4v) is 4.11. The van der Waals surface area contributed by atoms with Crippen LogP contribution in [0.5, 0.6) is 0 Å². The van der Waals surface area contributed by atoms with E-state index >= 15 is 0 Å². The lowest BCUT2D eigenvalue weighted by Crippen LogP contribution is -1.92. The zero-order valence-electron chi connectivity index (χ0n) is 15.2. The zero-order chi connectivity index (χ0) is 18.5. The van der Waals surface area contributed by atoms with Gasteiger partial charge in [-0.15, -0.1) is 0 Å². The van der Waals surface area contributed by atoms with E-state index in [9.17, 15) is 5.26 Å². The van der Waals surface area contributed by atoms with E-state index in [1.54, 1.807) is 0 Å². The lowest BCUT2D eigenvalue weighted by atomic mass is 9.94. The van der Waals surface area contributed by atoms with Crippen molar-refractivity contribution in [3.05, 3.63) is 83.7 Å². The normalized spacial score (nSPS) is 11.3. The van der Waals surface area contributed by atoms with Crippen molar-refractivity contribution in [2.24, 2.45) is 0 Å². The summed E-state index contributed by atoms with van der Waals surface area (Å²) in [7, 11) is 0. The number of hydrogen-bond acceptors (Lipinski definition) is 2. The smallest absolute Gasteiger partial charge is 0.159 e. The lowest BCUT2D eigenvalue weighted by molar-refractivity contribution is 1.27. The third kappa shape index (κ3) is 2.24. The Morgan fingerprint density at radius 3 is 2.33 bits per heavy atom. The first kappa shape index (κ1) is 15.6. The molecule has 3 aromatic carbocycles. The highest BCUT2D eigenvalue weighted by molar-refractivity contribution is 6.12. The molecule has 0 spiro atoms. The second-order valence-electron chi connectivity index (χ2n) is 6.98.